The van der Waals surface area contributed by atoms with Gasteiger partial charge >= 0.3 is 0 Å². The molecule has 0 saturated heterocycles. The van der Waals surface area contributed by atoms with Crippen LogP contribution in [0.3, 0.4) is 0 Å². The number of aromatic hydroxyl groups is 2. The van der Waals surface area contributed by atoms with E-state index < -0.39 is 0 Å². The largest absolute Gasteiger partial charge is 0.508 e. The maximum absolute atomic E-state index is 9.36. The van der Waals surface area contributed by atoms with Gasteiger partial charge in [0.05, 0.1) is 21.3 Å². The molecule has 8 heteroatoms. The maximum atomic E-state index is 9.36. The molecule has 0 radical (unpaired) electrons. The fourth-order valence-electron chi connectivity index (χ4n) is 2.02. The first-order valence-corrected chi connectivity index (χ1v) is 10.6. The van der Waals surface area contributed by atoms with E-state index in [9.17, 15) is 10.2 Å². The van der Waals surface area contributed by atoms with Crippen LogP contribution in [0.4, 0.5) is 5.69 Å². The first-order chi connectivity index (χ1) is 11.9. The molecule has 0 atom stereocenters. The summed E-state index contributed by atoms with van der Waals surface area (Å²) >= 11 is 2.17. The normalized spacial score (nSPS) is 9.68. The Morgan fingerprint density at radius 1 is 0.880 bits per heavy atom. The first-order valence-electron chi connectivity index (χ1n) is 7.20. The molecule has 0 aliphatic carbocycles. The highest BCUT2D eigenvalue weighted by Crippen LogP contribution is 2.40. The number of hydrogen-bond donors (Lipinski definition) is 3. The van der Waals surface area contributed by atoms with Gasteiger partial charge in [-0.3, -0.25) is 0 Å². The monoisotopic (exact) mass is 479 g/mol. The van der Waals surface area contributed by atoms with Gasteiger partial charge in [-0.05, 0) is 37.1 Å². The van der Waals surface area contributed by atoms with E-state index in [0.717, 1.165) is 16.8 Å². The van der Waals surface area contributed by atoms with E-state index in [1.807, 2.05) is 19.9 Å². The molecule has 0 amide bonds. The van der Waals surface area contributed by atoms with E-state index in [2.05, 4.69) is 25.9 Å². The third-order valence-corrected chi connectivity index (χ3v) is 4.30. The third kappa shape index (κ3) is 5.96. The van der Waals surface area contributed by atoms with E-state index in [1.54, 1.807) is 6.07 Å². The van der Waals surface area contributed by atoms with Gasteiger partial charge in [-0.15, -0.1) is 0 Å². The van der Waals surface area contributed by atoms with Crippen molar-refractivity contribution in [3.05, 3.63) is 35.4 Å². The number of halogens is 1. The SMILES string of the molecule is COc1cc(O)cc(OC)c1OC.Cc1cc(NSI)c(C)cc1O. The lowest BCUT2D eigenvalue weighted by molar-refractivity contribution is 0.320. The summed E-state index contributed by atoms with van der Waals surface area (Å²) in [5.41, 5.74) is 3.01. The summed E-state index contributed by atoms with van der Waals surface area (Å²) < 4.78 is 18.2. The Morgan fingerprint density at radius 2 is 1.44 bits per heavy atom. The molecule has 0 aromatic heterocycles. The van der Waals surface area contributed by atoms with Crippen LogP contribution in [0.2, 0.25) is 0 Å². The second kappa shape index (κ2) is 10.3. The van der Waals surface area contributed by atoms with Gasteiger partial charge in [-0.1, -0.05) is 0 Å². The number of methoxy groups -OCH3 is 3. The average molecular weight is 479 g/mol. The fourth-order valence-corrected chi connectivity index (χ4v) is 3.03. The molecule has 138 valence electrons. The van der Waals surface area contributed by atoms with Crippen molar-refractivity contribution < 1.29 is 24.4 Å². The number of aryl methyl sites for hydroxylation is 2. The molecule has 0 aliphatic rings. The molecule has 0 unspecified atom stereocenters. The molecule has 0 saturated carbocycles. The predicted octanol–water partition coefficient (Wildman–Crippen LogP) is 4.84. The first kappa shape index (κ1) is 21.4. The number of benzene rings is 2. The molecule has 0 spiro atoms. The van der Waals surface area contributed by atoms with Gasteiger partial charge in [0.15, 0.2) is 11.5 Å². The van der Waals surface area contributed by atoms with Crippen LogP contribution in [0.15, 0.2) is 24.3 Å². The standard InChI is InChI=1S/C9H12O4.C8H10INOS/c1-11-7-4-6(10)5-8(12-2)9(7)13-3;1-5-4-8(11)6(2)3-7(5)10-12-9/h4-5,10H,1-3H3;3-4,10-11H,1-2H3. The van der Waals surface area contributed by atoms with Crippen LogP contribution in [0.5, 0.6) is 28.7 Å². The summed E-state index contributed by atoms with van der Waals surface area (Å²) in [7, 11) is 6.03. The van der Waals surface area contributed by atoms with Crippen molar-refractivity contribution in [2.75, 3.05) is 26.1 Å². The second-order valence-electron chi connectivity index (χ2n) is 5.02. The lowest BCUT2D eigenvalue weighted by Crippen LogP contribution is -1.94. The minimum absolute atomic E-state index is 0.0782. The molecule has 2 aromatic carbocycles. The quantitative estimate of drug-likeness (QED) is 0.322. The number of phenolic OH excluding ortho intramolecular Hbond substituents is 2. The van der Waals surface area contributed by atoms with Gasteiger partial charge in [-0.2, -0.15) is 0 Å². The van der Waals surface area contributed by atoms with E-state index in [-0.39, 0.29) is 5.75 Å². The van der Waals surface area contributed by atoms with Crippen molar-refractivity contribution in [2.24, 2.45) is 0 Å². The molecule has 0 fully saturated rings. The Bertz CT molecular complexity index is 687. The van der Waals surface area contributed by atoms with Crippen molar-refractivity contribution in [3.8, 4) is 28.7 Å². The number of nitrogens with one attached hydrogen (secondary N) is 1. The predicted molar refractivity (Wildman–Crippen MR) is 111 cm³/mol. The molecule has 2 aromatic rings. The minimum atomic E-state index is 0.0782. The van der Waals surface area contributed by atoms with Crippen LogP contribution in [-0.2, 0) is 0 Å². The van der Waals surface area contributed by atoms with Crippen LogP contribution in [0.25, 0.3) is 0 Å². The van der Waals surface area contributed by atoms with E-state index >= 15 is 0 Å². The number of rotatable bonds is 5. The molecule has 0 bridgehead atoms. The summed E-state index contributed by atoms with van der Waals surface area (Å²) in [5.74, 6) is 1.80. The van der Waals surface area contributed by atoms with Crippen molar-refractivity contribution in [1.29, 1.82) is 0 Å². The molecule has 2 rings (SSSR count). The van der Waals surface area contributed by atoms with Gasteiger partial charge in [0.2, 0.25) is 5.75 Å². The highest BCUT2D eigenvalue weighted by Gasteiger charge is 2.12. The zero-order chi connectivity index (χ0) is 19.0. The summed E-state index contributed by atoms with van der Waals surface area (Å²) in [5, 5.41) is 18.6. The Kier molecular flexibility index (Phi) is 8.84. The lowest BCUT2D eigenvalue weighted by Gasteiger charge is -2.11. The van der Waals surface area contributed by atoms with Crippen LogP contribution in [0, 0.1) is 13.8 Å². The summed E-state index contributed by atoms with van der Waals surface area (Å²) in [6.07, 6.45) is 0. The molecular weight excluding hydrogens is 457 g/mol. The fraction of sp³-hybridized carbons (Fsp3) is 0.294. The minimum Gasteiger partial charge on any atom is -0.508 e. The Balaban J connectivity index is 0.000000251. The summed E-state index contributed by atoms with van der Waals surface area (Å²) in [6, 6.07) is 6.63. The Labute approximate surface area is 164 Å². The topological polar surface area (TPSA) is 80.2 Å². The van der Waals surface area contributed by atoms with Gasteiger partial charge in [0, 0.05) is 48.1 Å². The zero-order valence-electron chi connectivity index (χ0n) is 14.7. The van der Waals surface area contributed by atoms with Crippen molar-refractivity contribution >= 4 is 36.0 Å². The number of anilines is 1. The van der Waals surface area contributed by atoms with E-state index in [4.69, 9.17) is 14.2 Å². The Hall–Kier alpha value is -1.68. The molecule has 0 aliphatic heterocycles. The number of hydrogen-bond acceptors (Lipinski definition) is 7. The molecule has 25 heavy (non-hydrogen) atoms. The molecule has 6 nitrogen and oxygen atoms in total. The summed E-state index contributed by atoms with van der Waals surface area (Å²) in [4.78, 5) is 0. The van der Waals surface area contributed by atoms with Crippen molar-refractivity contribution in [2.45, 2.75) is 13.8 Å². The number of phenols is 2. The van der Waals surface area contributed by atoms with Gasteiger partial charge in [-0.25, -0.2) is 0 Å². The van der Waals surface area contributed by atoms with Gasteiger partial charge in [0.25, 0.3) is 0 Å². The van der Waals surface area contributed by atoms with Crippen molar-refractivity contribution in [1.82, 2.24) is 0 Å². The Morgan fingerprint density at radius 3 is 1.88 bits per heavy atom. The number of ether oxygens (including phenoxy) is 3. The second-order valence-corrected chi connectivity index (χ2v) is 6.70. The maximum Gasteiger partial charge on any atom is 0.203 e. The van der Waals surface area contributed by atoms with Gasteiger partial charge in [0.1, 0.15) is 11.5 Å². The van der Waals surface area contributed by atoms with Crippen LogP contribution < -0.4 is 18.9 Å². The third-order valence-electron chi connectivity index (χ3n) is 3.34. The summed E-state index contributed by atoms with van der Waals surface area (Å²) in [6.45, 7) is 3.85. The van der Waals surface area contributed by atoms with Gasteiger partial charge < -0.3 is 29.1 Å². The van der Waals surface area contributed by atoms with E-state index in [1.165, 1.54) is 42.6 Å². The molecule has 0 heterocycles. The molecule has 3 N–H and O–H groups in total. The highest BCUT2D eigenvalue weighted by atomic mass is 127. The van der Waals surface area contributed by atoms with Crippen LogP contribution in [-0.4, -0.2) is 31.5 Å². The highest BCUT2D eigenvalue weighted by molar-refractivity contribution is 14.2. The van der Waals surface area contributed by atoms with Crippen LogP contribution in [0.1, 0.15) is 11.1 Å². The molecular formula is C17H22INO5S. The van der Waals surface area contributed by atoms with Crippen molar-refractivity contribution in [3.63, 3.8) is 0 Å². The lowest BCUT2D eigenvalue weighted by atomic mass is 10.1. The smallest absolute Gasteiger partial charge is 0.203 e. The average Bonchev–Trinajstić information content (AvgIpc) is 2.59. The zero-order valence-corrected chi connectivity index (χ0v) is 17.7. The van der Waals surface area contributed by atoms with Crippen LogP contribution >= 0.6 is 30.3 Å². The van der Waals surface area contributed by atoms with E-state index in [0.29, 0.717) is 23.0 Å².